The van der Waals surface area contributed by atoms with E-state index in [9.17, 15) is 4.79 Å². The minimum absolute atomic E-state index is 0.130. The molecule has 2 heterocycles. The summed E-state index contributed by atoms with van der Waals surface area (Å²) >= 11 is 1.78. The number of aliphatic imine (C=N–C) groups is 1. The van der Waals surface area contributed by atoms with E-state index in [0.717, 1.165) is 31.0 Å². The van der Waals surface area contributed by atoms with Crippen LogP contribution in [0.15, 0.2) is 52.8 Å². The van der Waals surface area contributed by atoms with E-state index in [1.807, 2.05) is 35.2 Å². The average molecular weight is 429 g/mol. The monoisotopic (exact) mass is 428 g/mol. The van der Waals surface area contributed by atoms with Gasteiger partial charge >= 0.3 is 0 Å². The number of thiophene rings is 1. The van der Waals surface area contributed by atoms with Gasteiger partial charge in [0.05, 0.1) is 25.7 Å². The number of hydrogen-bond donors (Lipinski definition) is 1. The summed E-state index contributed by atoms with van der Waals surface area (Å²) < 4.78 is 5.42. The fourth-order valence-corrected chi connectivity index (χ4v) is 4.20. The number of benzene rings is 1. The lowest BCUT2D eigenvalue weighted by molar-refractivity contribution is -0.136. The van der Waals surface area contributed by atoms with Crippen LogP contribution in [0.3, 0.4) is 0 Å². The zero-order valence-corrected chi connectivity index (χ0v) is 18.7. The molecule has 1 aliphatic heterocycles. The molecule has 1 fully saturated rings. The first kappa shape index (κ1) is 22.3. The van der Waals surface area contributed by atoms with E-state index in [1.165, 1.54) is 4.88 Å². The van der Waals surface area contributed by atoms with Gasteiger partial charge in [-0.15, -0.1) is 11.3 Å². The number of hydrogen-bond acceptors (Lipinski definition) is 4. The highest BCUT2D eigenvalue weighted by Crippen LogP contribution is 2.20. The van der Waals surface area contributed by atoms with Crippen molar-refractivity contribution in [2.24, 2.45) is 4.99 Å². The zero-order valence-electron chi connectivity index (χ0n) is 17.9. The number of carbonyl (C=O) groups excluding carboxylic acids is 1. The molecule has 30 heavy (non-hydrogen) atoms. The molecule has 0 radical (unpaired) electrons. The van der Waals surface area contributed by atoms with Gasteiger partial charge in [0.2, 0.25) is 5.91 Å². The van der Waals surface area contributed by atoms with Gasteiger partial charge in [-0.1, -0.05) is 36.4 Å². The van der Waals surface area contributed by atoms with Crippen molar-refractivity contribution in [2.45, 2.75) is 19.3 Å². The Morgan fingerprint density at radius 3 is 2.67 bits per heavy atom. The van der Waals surface area contributed by atoms with Gasteiger partial charge in [0, 0.05) is 38.1 Å². The number of nitrogens with zero attached hydrogens (tertiary/aromatic N) is 3. The smallest absolute Gasteiger partial charge is 0.232 e. The van der Waals surface area contributed by atoms with E-state index in [0.29, 0.717) is 32.8 Å². The minimum Gasteiger partial charge on any atom is -0.378 e. The Hall–Kier alpha value is -2.38. The van der Waals surface area contributed by atoms with Crippen LogP contribution in [0.2, 0.25) is 0 Å². The predicted octanol–water partition coefficient (Wildman–Crippen LogP) is 2.83. The fraction of sp³-hybridized carbons (Fsp3) is 0.478. The minimum atomic E-state index is -0.288. The van der Waals surface area contributed by atoms with Gasteiger partial charge in [-0.05, 0) is 30.4 Å². The maximum Gasteiger partial charge on any atom is 0.232 e. The molecule has 0 bridgehead atoms. The van der Waals surface area contributed by atoms with Crippen LogP contribution in [0, 0.1) is 0 Å². The van der Waals surface area contributed by atoms with Gasteiger partial charge in [-0.25, -0.2) is 0 Å². The first-order chi connectivity index (χ1) is 14.7. The van der Waals surface area contributed by atoms with E-state index in [4.69, 9.17) is 9.73 Å². The molecule has 1 unspecified atom stereocenters. The molecule has 162 valence electrons. The number of likely N-dealkylation sites (N-methyl/N-ethyl adjacent to an activating group) is 1. The number of ether oxygens (including phenoxy) is 1. The van der Waals surface area contributed by atoms with Crippen molar-refractivity contribution in [3.05, 3.63) is 58.3 Å². The van der Waals surface area contributed by atoms with Crippen LogP contribution < -0.4 is 5.32 Å². The second-order valence-corrected chi connectivity index (χ2v) is 8.38. The zero-order chi connectivity index (χ0) is 21.2. The molecular weight excluding hydrogens is 396 g/mol. The van der Waals surface area contributed by atoms with Gasteiger partial charge < -0.3 is 19.9 Å². The van der Waals surface area contributed by atoms with Crippen molar-refractivity contribution in [3.8, 4) is 0 Å². The van der Waals surface area contributed by atoms with Crippen LogP contribution in [0.4, 0.5) is 0 Å². The third kappa shape index (κ3) is 6.31. The third-order valence-electron chi connectivity index (χ3n) is 5.22. The summed E-state index contributed by atoms with van der Waals surface area (Å²) in [6.45, 7) is 6.64. The predicted molar refractivity (Wildman–Crippen MR) is 123 cm³/mol. The summed E-state index contributed by atoms with van der Waals surface area (Å²) in [6.07, 6.45) is 0.980. The highest BCUT2D eigenvalue weighted by atomic mass is 32.1. The van der Waals surface area contributed by atoms with E-state index in [-0.39, 0.29) is 11.8 Å². The SMILES string of the molecule is CCNC(=NCC(C(=O)N1CCOCC1)c1ccccc1)N(C)CCc1cccs1. The van der Waals surface area contributed by atoms with Crippen molar-refractivity contribution < 1.29 is 9.53 Å². The molecule has 1 aromatic heterocycles. The molecular formula is C23H32N4O2S. The Labute approximate surface area is 183 Å². The maximum absolute atomic E-state index is 13.3. The third-order valence-corrected chi connectivity index (χ3v) is 6.15. The van der Waals surface area contributed by atoms with Crippen molar-refractivity contribution >= 4 is 23.2 Å². The second-order valence-electron chi connectivity index (χ2n) is 7.35. The van der Waals surface area contributed by atoms with Gasteiger partial charge in [0.25, 0.3) is 0 Å². The lowest BCUT2D eigenvalue weighted by Crippen LogP contribution is -2.44. The van der Waals surface area contributed by atoms with Crippen LogP contribution in [0.25, 0.3) is 0 Å². The first-order valence-corrected chi connectivity index (χ1v) is 11.5. The van der Waals surface area contributed by atoms with Crippen LogP contribution in [0.5, 0.6) is 0 Å². The lowest BCUT2D eigenvalue weighted by Gasteiger charge is -2.30. The second kappa shape index (κ2) is 11.7. The molecule has 7 heteroatoms. The molecule has 1 aliphatic rings. The number of amides is 1. The summed E-state index contributed by atoms with van der Waals surface area (Å²) in [5, 5.41) is 5.48. The maximum atomic E-state index is 13.3. The first-order valence-electron chi connectivity index (χ1n) is 10.6. The largest absolute Gasteiger partial charge is 0.378 e. The topological polar surface area (TPSA) is 57.2 Å². The van der Waals surface area contributed by atoms with Gasteiger partial charge in [-0.2, -0.15) is 0 Å². The van der Waals surface area contributed by atoms with Crippen LogP contribution in [0.1, 0.15) is 23.3 Å². The van der Waals surface area contributed by atoms with Crippen LogP contribution in [-0.4, -0.2) is 74.7 Å². The van der Waals surface area contributed by atoms with Crippen molar-refractivity contribution in [1.82, 2.24) is 15.1 Å². The van der Waals surface area contributed by atoms with Crippen molar-refractivity contribution in [2.75, 3.05) is 53.0 Å². The van der Waals surface area contributed by atoms with Crippen molar-refractivity contribution in [1.29, 1.82) is 0 Å². The standard InChI is InChI=1S/C23H32N4O2S/c1-3-24-23(26(2)12-11-20-10-7-17-30-20)25-18-21(19-8-5-4-6-9-19)22(28)27-13-15-29-16-14-27/h4-10,17,21H,3,11-16,18H2,1-2H3,(H,24,25). The Bertz CT molecular complexity index is 789. The Morgan fingerprint density at radius 1 is 1.23 bits per heavy atom. The molecule has 3 rings (SSSR count). The number of carbonyl (C=O) groups is 1. The molecule has 2 aromatic rings. The number of nitrogens with one attached hydrogen (secondary N) is 1. The summed E-state index contributed by atoms with van der Waals surface area (Å²) in [5.41, 5.74) is 1.01. The average Bonchev–Trinajstić information content (AvgIpc) is 3.32. The number of rotatable bonds is 8. The van der Waals surface area contributed by atoms with Crippen molar-refractivity contribution in [3.63, 3.8) is 0 Å². The Balaban J connectivity index is 1.72. The quantitative estimate of drug-likeness (QED) is 0.519. The molecule has 1 saturated heterocycles. The Morgan fingerprint density at radius 2 is 2.00 bits per heavy atom. The number of guanidine groups is 1. The van der Waals surface area contributed by atoms with Gasteiger partial charge in [0.15, 0.2) is 5.96 Å². The molecule has 0 aliphatic carbocycles. The molecule has 1 atom stereocenters. The normalized spacial score (nSPS) is 15.7. The van der Waals surface area contributed by atoms with E-state index in [2.05, 4.69) is 41.7 Å². The molecule has 0 spiro atoms. The van der Waals surface area contributed by atoms with Crippen LogP contribution in [-0.2, 0) is 16.0 Å². The Kier molecular flexibility index (Phi) is 8.71. The molecule has 1 N–H and O–H groups in total. The van der Waals surface area contributed by atoms with E-state index < -0.39 is 0 Å². The number of morpholine rings is 1. The molecule has 6 nitrogen and oxygen atoms in total. The van der Waals surface area contributed by atoms with Gasteiger partial charge in [0.1, 0.15) is 0 Å². The summed E-state index contributed by atoms with van der Waals surface area (Å²) in [6, 6.07) is 14.2. The van der Waals surface area contributed by atoms with Crippen LogP contribution >= 0.6 is 11.3 Å². The lowest BCUT2D eigenvalue weighted by atomic mass is 9.97. The molecule has 1 aromatic carbocycles. The fourth-order valence-electron chi connectivity index (χ4n) is 3.50. The highest BCUT2D eigenvalue weighted by molar-refractivity contribution is 7.09. The molecule has 1 amide bonds. The highest BCUT2D eigenvalue weighted by Gasteiger charge is 2.27. The summed E-state index contributed by atoms with van der Waals surface area (Å²) in [7, 11) is 2.05. The summed E-state index contributed by atoms with van der Waals surface area (Å²) in [5.74, 6) is 0.679. The van der Waals surface area contributed by atoms with E-state index in [1.54, 1.807) is 11.3 Å². The van der Waals surface area contributed by atoms with Gasteiger partial charge in [-0.3, -0.25) is 9.79 Å². The summed E-state index contributed by atoms with van der Waals surface area (Å²) in [4.78, 5) is 23.6. The van der Waals surface area contributed by atoms with E-state index >= 15 is 0 Å². The molecule has 0 saturated carbocycles.